The van der Waals surface area contributed by atoms with Crippen LogP contribution in [0.25, 0.3) is 0 Å². The molecular formula is C23H33IN4O2. The molecule has 2 aromatic rings. The zero-order valence-electron chi connectivity index (χ0n) is 17.9. The predicted octanol–water partition coefficient (Wildman–Crippen LogP) is 3.15. The first-order chi connectivity index (χ1) is 14.3. The van der Waals surface area contributed by atoms with Crippen LogP contribution in [0.4, 0.5) is 0 Å². The van der Waals surface area contributed by atoms with Crippen LogP contribution in [0, 0.1) is 0 Å². The summed E-state index contributed by atoms with van der Waals surface area (Å²) in [6.45, 7) is 6.67. The maximum Gasteiger partial charge on any atom is 0.191 e. The van der Waals surface area contributed by atoms with Crippen molar-refractivity contribution in [1.82, 2.24) is 15.5 Å². The van der Waals surface area contributed by atoms with Crippen molar-refractivity contribution in [3.05, 3.63) is 70.8 Å². The van der Waals surface area contributed by atoms with Crippen molar-refractivity contribution in [2.24, 2.45) is 4.99 Å². The molecule has 1 heterocycles. The average molecular weight is 524 g/mol. The van der Waals surface area contributed by atoms with Gasteiger partial charge in [0.25, 0.3) is 0 Å². The highest BCUT2D eigenvalue weighted by Crippen LogP contribution is 2.13. The SMILES string of the molecule is CN=C(NCc1cccc(COC)c1)NCc1ccccc1CN1CCOCC1.I. The van der Waals surface area contributed by atoms with Crippen LogP contribution in [0.5, 0.6) is 0 Å². The number of hydrogen-bond donors (Lipinski definition) is 2. The molecule has 2 aromatic carbocycles. The van der Waals surface area contributed by atoms with E-state index in [1.54, 1.807) is 14.2 Å². The molecule has 0 amide bonds. The Kier molecular flexibility index (Phi) is 11.1. The fourth-order valence-corrected chi connectivity index (χ4v) is 3.47. The van der Waals surface area contributed by atoms with Gasteiger partial charge < -0.3 is 20.1 Å². The number of halogens is 1. The van der Waals surface area contributed by atoms with Crippen molar-refractivity contribution in [2.75, 3.05) is 40.5 Å². The zero-order valence-corrected chi connectivity index (χ0v) is 20.2. The van der Waals surface area contributed by atoms with Gasteiger partial charge in [-0.2, -0.15) is 0 Å². The molecule has 1 saturated heterocycles. The van der Waals surface area contributed by atoms with Crippen LogP contribution < -0.4 is 10.6 Å². The van der Waals surface area contributed by atoms with E-state index < -0.39 is 0 Å². The third kappa shape index (κ3) is 7.86. The molecule has 0 radical (unpaired) electrons. The fourth-order valence-electron chi connectivity index (χ4n) is 3.47. The third-order valence-electron chi connectivity index (χ3n) is 5.05. The largest absolute Gasteiger partial charge is 0.380 e. The summed E-state index contributed by atoms with van der Waals surface area (Å²) in [7, 11) is 3.52. The smallest absolute Gasteiger partial charge is 0.191 e. The number of methoxy groups -OCH3 is 1. The molecule has 6 nitrogen and oxygen atoms in total. The number of aliphatic imine (C=N–C) groups is 1. The lowest BCUT2D eigenvalue weighted by Crippen LogP contribution is -2.37. The van der Waals surface area contributed by atoms with E-state index in [0.29, 0.717) is 13.2 Å². The van der Waals surface area contributed by atoms with Gasteiger partial charge in [0.05, 0.1) is 19.8 Å². The first-order valence-electron chi connectivity index (χ1n) is 10.2. The molecule has 0 spiro atoms. The molecule has 30 heavy (non-hydrogen) atoms. The second-order valence-electron chi connectivity index (χ2n) is 7.19. The van der Waals surface area contributed by atoms with Crippen LogP contribution in [-0.2, 0) is 35.7 Å². The molecule has 1 aliphatic heterocycles. The standard InChI is InChI=1S/C23H32N4O2.HI/c1-24-23(25-15-19-6-5-7-20(14-19)18-28-2)26-16-21-8-3-4-9-22(21)17-27-10-12-29-13-11-27;/h3-9,14H,10-13,15-18H2,1-2H3,(H2,24,25,26);1H. The van der Waals surface area contributed by atoms with Gasteiger partial charge in [-0.1, -0.05) is 48.5 Å². The quantitative estimate of drug-likeness (QED) is 0.316. The maximum absolute atomic E-state index is 5.46. The van der Waals surface area contributed by atoms with Gasteiger partial charge >= 0.3 is 0 Å². The zero-order chi connectivity index (χ0) is 20.3. The molecule has 0 unspecified atom stereocenters. The Morgan fingerprint density at radius 2 is 1.70 bits per heavy atom. The minimum Gasteiger partial charge on any atom is -0.380 e. The van der Waals surface area contributed by atoms with Crippen molar-refractivity contribution < 1.29 is 9.47 Å². The first-order valence-corrected chi connectivity index (χ1v) is 10.2. The predicted molar refractivity (Wildman–Crippen MR) is 132 cm³/mol. The molecule has 164 valence electrons. The number of nitrogens with zero attached hydrogens (tertiary/aromatic N) is 2. The summed E-state index contributed by atoms with van der Waals surface area (Å²) in [6, 6.07) is 17.0. The summed E-state index contributed by atoms with van der Waals surface area (Å²) in [4.78, 5) is 6.81. The highest BCUT2D eigenvalue weighted by atomic mass is 127. The minimum atomic E-state index is 0. The Morgan fingerprint density at radius 3 is 2.43 bits per heavy atom. The molecule has 3 rings (SSSR count). The number of benzene rings is 2. The van der Waals surface area contributed by atoms with Crippen LogP contribution in [0.15, 0.2) is 53.5 Å². The molecule has 1 aliphatic rings. The lowest BCUT2D eigenvalue weighted by Gasteiger charge is -2.27. The molecule has 0 saturated carbocycles. The highest BCUT2D eigenvalue weighted by Gasteiger charge is 2.12. The van der Waals surface area contributed by atoms with E-state index >= 15 is 0 Å². The lowest BCUT2D eigenvalue weighted by molar-refractivity contribution is 0.0341. The van der Waals surface area contributed by atoms with Gasteiger partial charge in [0.15, 0.2) is 5.96 Å². The summed E-state index contributed by atoms with van der Waals surface area (Å²) in [6.07, 6.45) is 0. The van der Waals surface area contributed by atoms with Crippen molar-refractivity contribution >= 4 is 29.9 Å². The highest BCUT2D eigenvalue weighted by molar-refractivity contribution is 14.0. The van der Waals surface area contributed by atoms with Crippen LogP contribution in [0.3, 0.4) is 0 Å². The van der Waals surface area contributed by atoms with Crippen molar-refractivity contribution in [3.63, 3.8) is 0 Å². The van der Waals surface area contributed by atoms with E-state index in [-0.39, 0.29) is 24.0 Å². The number of guanidine groups is 1. The van der Waals surface area contributed by atoms with Gasteiger partial charge in [0.2, 0.25) is 0 Å². The molecule has 2 N–H and O–H groups in total. The average Bonchev–Trinajstić information content (AvgIpc) is 2.76. The van der Waals surface area contributed by atoms with E-state index in [1.165, 1.54) is 22.3 Å². The van der Waals surface area contributed by atoms with Crippen molar-refractivity contribution in [3.8, 4) is 0 Å². The van der Waals surface area contributed by atoms with Crippen LogP contribution in [-0.4, -0.2) is 51.3 Å². The topological polar surface area (TPSA) is 58.1 Å². The number of hydrogen-bond acceptors (Lipinski definition) is 4. The third-order valence-corrected chi connectivity index (χ3v) is 5.05. The second-order valence-corrected chi connectivity index (χ2v) is 7.19. The molecule has 1 fully saturated rings. The summed E-state index contributed by atoms with van der Waals surface area (Å²) in [5.41, 5.74) is 5.02. The Bertz CT molecular complexity index is 794. The van der Waals surface area contributed by atoms with Crippen LogP contribution in [0.1, 0.15) is 22.3 Å². The number of morpholine rings is 1. The molecule has 0 bridgehead atoms. The Hall–Kier alpha value is -1.68. The van der Waals surface area contributed by atoms with Gasteiger partial charge in [-0.15, -0.1) is 24.0 Å². The molecule has 0 aliphatic carbocycles. The van der Waals surface area contributed by atoms with E-state index in [9.17, 15) is 0 Å². The normalized spacial score (nSPS) is 14.8. The molecular weight excluding hydrogens is 491 g/mol. The van der Waals surface area contributed by atoms with Gasteiger partial charge in [-0.25, -0.2) is 0 Å². The van der Waals surface area contributed by atoms with E-state index in [1.807, 2.05) is 0 Å². The number of nitrogens with one attached hydrogen (secondary N) is 2. The van der Waals surface area contributed by atoms with Crippen LogP contribution >= 0.6 is 24.0 Å². The lowest BCUT2D eigenvalue weighted by atomic mass is 10.1. The summed E-state index contributed by atoms with van der Waals surface area (Å²) in [5.74, 6) is 0.795. The van der Waals surface area contributed by atoms with Gasteiger partial charge in [-0.3, -0.25) is 9.89 Å². The fraction of sp³-hybridized carbons (Fsp3) is 0.435. The van der Waals surface area contributed by atoms with E-state index in [0.717, 1.165) is 45.4 Å². The van der Waals surface area contributed by atoms with Crippen molar-refractivity contribution in [1.29, 1.82) is 0 Å². The Labute approximate surface area is 197 Å². The monoisotopic (exact) mass is 524 g/mol. The molecule has 0 atom stereocenters. The molecule has 0 aromatic heterocycles. The van der Waals surface area contributed by atoms with Crippen molar-refractivity contribution in [2.45, 2.75) is 26.2 Å². The Balaban J connectivity index is 0.00000320. The van der Waals surface area contributed by atoms with E-state index in [2.05, 4.69) is 69.1 Å². The summed E-state index contributed by atoms with van der Waals surface area (Å²) >= 11 is 0. The maximum atomic E-state index is 5.46. The summed E-state index contributed by atoms with van der Waals surface area (Å²) in [5, 5.41) is 6.84. The Morgan fingerprint density at radius 1 is 1.00 bits per heavy atom. The second kappa shape index (κ2) is 13.6. The number of ether oxygens (including phenoxy) is 2. The van der Waals surface area contributed by atoms with Gasteiger partial charge in [-0.05, 0) is 22.3 Å². The van der Waals surface area contributed by atoms with E-state index in [4.69, 9.17) is 9.47 Å². The minimum absolute atomic E-state index is 0. The first kappa shape index (κ1) is 24.6. The van der Waals surface area contributed by atoms with Gasteiger partial charge in [0.1, 0.15) is 0 Å². The van der Waals surface area contributed by atoms with Gasteiger partial charge in [0, 0.05) is 46.9 Å². The van der Waals surface area contributed by atoms with Crippen LogP contribution in [0.2, 0.25) is 0 Å². The summed E-state index contributed by atoms with van der Waals surface area (Å²) < 4.78 is 10.7. The number of rotatable bonds is 8. The molecule has 7 heteroatoms.